The zero-order valence-corrected chi connectivity index (χ0v) is 9.19. The molecule has 0 fully saturated rings. The first-order valence-corrected chi connectivity index (χ1v) is 5.17. The van der Waals surface area contributed by atoms with Crippen LogP contribution in [0.4, 0.5) is 0 Å². The molecule has 0 aromatic heterocycles. The highest BCUT2D eigenvalue weighted by molar-refractivity contribution is 7.58. The molecule has 0 saturated carbocycles. The Hall–Kier alpha value is -0.150. The summed E-state index contributed by atoms with van der Waals surface area (Å²) in [6, 6.07) is 0. The monoisotopic (exact) mass is 245 g/mol. The maximum atomic E-state index is 11.5. The largest absolute Gasteiger partial charge is 0.382 e. The van der Waals surface area contributed by atoms with Gasteiger partial charge < -0.3 is 9.05 Å². The van der Waals surface area contributed by atoms with E-state index < -0.39 is 17.5 Å². The molecule has 0 aromatic carbocycles. The van der Waals surface area contributed by atoms with E-state index in [1.54, 1.807) is 0 Å². The van der Waals surface area contributed by atoms with Crippen LogP contribution < -0.4 is 0 Å². The summed E-state index contributed by atoms with van der Waals surface area (Å²) < 4.78 is 20.1. The topological polar surface area (TPSA) is 65.0 Å². The van der Waals surface area contributed by atoms with Crippen LogP contribution in [-0.4, -0.2) is 20.3 Å². The SMILES string of the molecule is COP(=O)(OC)C(N=C=O)=C(Cl)Cl. The number of rotatable bonds is 4. The minimum Gasteiger partial charge on any atom is -0.307 e. The number of isocyanates is 1. The van der Waals surface area contributed by atoms with Crippen LogP contribution in [0.1, 0.15) is 0 Å². The van der Waals surface area contributed by atoms with Crippen molar-refractivity contribution in [2.75, 3.05) is 14.2 Å². The zero-order valence-electron chi connectivity index (χ0n) is 6.78. The van der Waals surface area contributed by atoms with E-state index in [0.717, 1.165) is 20.3 Å². The van der Waals surface area contributed by atoms with Gasteiger partial charge in [-0.2, -0.15) is 4.99 Å². The van der Waals surface area contributed by atoms with Gasteiger partial charge in [0.1, 0.15) is 4.49 Å². The number of aliphatic imine (C=N–C) groups is 1. The van der Waals surface area contributed by atoms with Crippen LogP contribution in [0.25, 0.3) is 0 Å². The lowest BCUT2D eigenvalue weighted by Gasteiger charge is -2.12. The van der Waals surface area contributed by atoms with E-state index in [9.17, 15) is 9.36 Å². The maximum absolute atomic E-state index is 11.5. The van der Waals surface area contributed by atoms with Crippen molar-refractivity contribution in [2.24, 2.45) is 4.99 Å². The second-order valence-corrected chi connectivity index (χ2v) is 4.75. The van der Waals surface area contributed by atoms with Crippen LogP contribution in [0.5, 0.6) is 0 Å². The summed E-state index contributed by atoms with van der Waals surface area (Å²) in [7, 11) is -1.45. The smallest absolute Gasteiger partial charge is 0.307 e. The summed E-state index contributed by atoms with van der Waals surface area (Å²) in [5, 5.41) is 0. The van der Waals surface area contributed by atoms with Crippen molar-refractivity contribution in [1.82, 2.24) is 0 Å². The molecule has 8 heteroatoms. The molecular formula is C5H6Cl2NO4P. The van der Waals surface area contributed by atoms with E-state index >= 15 is 0 Å². The van der Waals surface area contributed by atoms with Crippen LogP contribution in [-0.2, 0) is 18.4 Å². The average Bonchev–Trinajstić information content (AvgIpc) is 2.12. The summed E-state index contributed by atoms with van der Waals surface area (Å²) in [5.74, 6) is 0. The molecule has 5 nitrogen and oxygen atoms in total. The lowest BCUT2D eigenvalue weighted by atomic mass is 11.0. The second kappa shape index (κ2) is 5.55. The summed E-state index contributed by atoms with van der Waals surface area (Å²) in [5.41, 5.74) is -0.462. The molecule has 0 aliphatic heterocycles. The Bertz CT molecular complexity index is 298. The van der Waals surface area contributed by atoms with E-state index in [2.05, 4.69) is 14.0 Å². The fraction of sp³-hybridized carbons (Fsp3) is 0.400. The highest BCUT2D eigenvalue weighted by atomic mass is 35.5. The van der Waals surface area contributed by atoms with Crippen molar-refractivity contribution >= 4 is 36.9 Å². The Morgan fingerprint density at radius 3 is 2.08 bits per heavy atom. The standard InChI is InChI=1S/C5H6Cl2NO4P/c1-11-13(10,12-2)5(4(6)7)8-3-9/h1-2H3. The van der Waals surface area contributed by atoms with Gasteiger partial charge in [-0.05, 0) is 0 Å². The van der Waals surface area contributed by atoms with Crippen molar-refractivity contribution in [3.05, 3.63) is 9.93 Å². The first kappa shape index (κ1) is 12.8. The van der Waals surface area contributed by atoms with Crippen molar-refractivity contribution in [3.8, 4) is 0 Å². The highest BCUT2D eigenvalue weighted by Crippen LogP contribution is 2.57. The molecule has 0 unspecified atom stereocenters. The Morgan fingerprint density at radius 2 is 1.85 bits per heavy atom. The molecule has 0 spiro atoms. The minimum absolute atomic E-state index is 0.462. The molecule has 0 aromatic rings. The number of hydrogen-bond donors (Lipinski definition) is 0. The molecule has 13 heavy (non-hydrogen) atoms. The molecule has 74 valence electrons. The Labute approximate surface area is 84.9 Å². The van der Waals surface area contributed by atoms with Crippen molar-refractivity contribution in [2.45, 2.75) is 0 Å². The third-order valence-corrected chi connectivity index (χ3v) is 3.49. The Balaban J connectivity index is 5.31. The molecule has 0 heterocycles. The number of carbonyl (C=O) groups excluding carboxylic acids is 1. The number of nitrogens with zero attached hydrogens (tertiary/aromatic N) is 1. The third-order valence-electron chi connectivity index (χ3n) is 1.06. The summed E-state index contributed by atoms with van der Waals surface area (Å²) >= 11 is 10.6. The fourth-order valence-corrected chi connectivity index (χ4v) is 2.07. The third kappa shape index (κ3) is 3.24. The molecule has 0 radical (unpaired) electrons. The van der Waals surface area contributed by atoms with Gasteiger partial charge in [0, 0.05) is 14.2 Å². The molecular weight excluding hydrogens is 240 g/mol. The summed E-state index contributed by atoms with van der Waals surface area (Å²) in [6.07, 6.45) is 1.14. The van der Waals surface area contributed by atoms with Gasteiger partial charge >= 0.3 is 7.60 Å². The van der Waals surface area contributed by atoms with Gasteiger partial charge in [-0.15, -0.1) is 0 Å². The number of halogens is 2. The van der Waals surface area contributed by atoms with E-state index in [-0.39, 0.29) is 0 Å². The van der Waals surface area contributed by atoms with Gasteiger partial charge in [0.05, 0.1) is 0 Å². The van der Waals surface area contributed by atoms with Crippen molar-refractivity contribution in [1.29, 1.82) is 0 Å². The molecule has 0 aliphatic carbocycles. The lowest BCUT2D eigenvalue weighted by Crippen LogP contribution is -1.91. The van der Waals surface area contributed by atoms with Gasteiger partial charge in [-0.3, -0.25) is 4.57 Å². The van der Waals surface area contributed by atoms with Crippen LogP contribution in [0, 0.1) is 0 Å². The van der Waals surface area contributed by atoms with Gasteiger partial charge in [-0.25, -0.2) is 4.79 Å². The first-order valence-electron chi connectivity index (χ1n) is 2.87. The highest BCUT2D eigenvalue weighted by Gasteiger charge is 2.30. The van der Waals surface area contributed by atoms with E-state index in [1.807, 2.05) is 0 Å². The Morgan fingerprint density at radius 1 is 1.38 bits per heavy atom. The molecule has 0 N–H and O–H groups in total. The van der Waals surface area contributed by atoms with Crippen LogP contribution in [0.15, 0.2) is 14.9 Å². The molecule has 0 bridgehead atoms. The van der Waals surface area contributed by atoms with E-state index in [1.165, 1.54) is 0 Å². The molecule has 0 saturated heterocycles. The van der Waals surface area contributed by atoms with Crippen LogP contribution >= 0.6 is 30.8 Å². The second-order valence-electron chi connectivity index (χ2n) is 1.65. The van der Waals surface area contributed by atoms with Crippen LogP contribution in [0.3, 0.4) is 0 Å². The van der Waals surface area contributed by atoms with Crippen molar-refractivity contribution < 1.29 is 18.4 Å². The molecule has 0 aliphatic rings. The van der Waals surface area contributed by atoms with Gasteiger partial charge in [0.2, 0.25) is 6.08 Å². The zero-order chi connectivity index (χ0) is 10.5. The predicted molar refractivity (Wildman–Crippen MR) is 48.5 cm³/mol. The summed E-state index contributed by atoms with van der Waals surface area (Å²) in [6.45, 7) is 0. The molecule has 0 rings (SSSR count). The Kier molecular flexibility index (Phi) is 5.49. The van der Waals surface area contributed by atoms with Gasteiger partial charge in [0.25, 0.3) is 0 Å². The minimum atomic E-state index is -3.68. The predicted octanol–water partition coefficient (Wildman–Crippen LogP) is 2.41. The quantitative estimate of drug-likeness (QED) is 0.434. The normalized spacial score (nSPS) is 10.5. The van der Waals surface area contributed by atoms with Crippen LogP contribution in [0.2, 0.25) is 0 Å². The molecule has 0 atom stereocenters. The van der Waals surface area contributed by atoms with E-state index in [4.69, 9.17) is 23.2 Å². The maximum Gasteiger partial charge on any atom is 0.382 e. The van der Waals surface area contributed by atoms with Gasteiger partial charge in [-0.1, -0.05) is 23.2 Å². The number of hydrogen-bond acceptors (Lipinski definition) is 5. The van der Waals surface area contributed by atoms with Crippen molar-refractivity contribution in [3.63, 3.8) is 0 Å². The van der Waals surface area contributed by atoms with E-state index in [0.29, 0.717) is 0 Å². The van der Waals surface area contributed by atoms with Gasteiger partial charge in [0.15, 0.2) is 5.44 Å². The fourth-order valence-electron chi connectivity index (χ4n) is 0.498. The lowest BCUT2D eigenvalue weighted by molar-refractivity contribution is 0.283. The average molecular weight is 246 g/mol. The molecule has 0 amide bonds. The summed E-state index contributed by atoms with van der Waals surface area (Å²) in [4.78, 5) is 13.0. The first-order chi connectivity index (χ1) is 6.01.